The van der Waals surface area contributed by atoms with E-state index in [-0.39, 0.29) is 27.0 Å². The van der Waals surface area contributed by atoms with Crippen molar-refractivity contribution in [2.24, 2.45) is 0 Å². The second-order valence-corrected chi connectivity index (χ2v) is 4.69. The average molecular weight is 318 g/mol. The SMILES string of the molecule is O=C(Nc1ccc(F)c(F)c1)c1cc(Cl)c(O)c(Cl)c1. The second-order valence-electron chi connectivity index (χ2n) is 3.87. The van der Waals surface area contributed by atoms with E-state index in [1.807, 2.05) is 0 Å². The van der Waals surface area contributed by atoms with E-state index in [2.05, 4.69) is 5.32 Å². The van der Waals surface area contributed by atoms with Gasteiger partial charge >= 0.3 is 0 Å². The summed E-state index contributed by atoms with van der Waals surface area (Å²) in [6, 6.07) is 5.36. The Morgan fingerprint density at radius 2 is 1.65 bits per heavy atom. The van der Waals surface area contributed by atoms with Crippen molar-refractivity contribution < 1.29 is 18.7 Å². The van der Waals surface area contributed by atoms with Crippen molar-refractivity contribution in [2.45, 2.75) is 0 Å². The van der Waals surface area contributed by atoms with E-state index in [1.165, 1.54) is 18.2 Å². The predicted octanol–water partition coefficient (Wildman–Crippen LogP) is 4.23. The molecule has 3 nitrogen and oxygen atoms in total. The van der Waals surface area contributed by atoms with Crippen LogP contribution in [0, 0.1) is 11.6 Å². The minimum Gasteiger partial charge on any atom is -0.505 e. The Balaban J connectivity index is 2.26. The zero-order valence-corrected chi connectivity index (χ0v) is 11.3. The number of carbonyl (C=O) groups is 1. The number of halogens is 4. The van der Waals surface area contributed by atoms with Gasteiger partial charge in [-0.3, -0.25) is 4.79 Å². The summed E-state index contributed by atoms with van der Waals surface area (Å²) in [5, 5.41) is 11.6. The number of carbonyl (C=O) groups excluding carboxylic acids is 1. The summed E-state index contributed by atoms with van der Waals surface area (Å²) in [5.41, 5.74) is 0.150. The molecule has 2 N–H and O–H groups in total. The fraction of sp³-hybridized carbons (Fsp3) is 0. The highest BCUT2D eigenvalue weighted by atomic mass is 35.5. The van der Waals surface area contributed by atoms with Gasteiger partial charge in [-0.25, -0.2) is 8.78 Å². The van der Waals surface area contributed by atoms with Gasteiger partial charge in [-0.2, -0.15) is 0 Å². The first-order valence-electron chi connectivity index (χ1n) is 5.33. The molecule has 0 unspecified atom stereocenters. The average Bonchev–Trinajstić information content (AvgIpc) is 2.39. The molecule has 0 saturated carbocycles. The summed E-state index contributed by atoms with van der Waals surface area (Å²) in [4.78, 5) is 11.9. The predicted molar refractivity (Wildman–Crippen MR) is 72.4 cm³/mol. The molecule has 0 heterocycles. The van der Waals surface area contributed by atoms with Crippen LogP contribution in [0.2, 0.25) is 10.0 Å². The van der Waals surface area contributed by atoms with Crippen LogP contribution in [-0.2, 0) is 0 Å². The first-order valence-corrected chi connectivity index (χ1v) is 6.08. The molecule has 1 amide bonds. The number of hydrogen-bond acceptors (Lipinski definition) is 2. The molecule has 0 bridgehead atoms. The Morgan fingerprint density at radius 1 is 1.05 bits per heavy atom. The molecule has 7 heteroatoms. The number of hydrogen-bond donors (Lipinski definition) is 2. The number of benzene rings is 2. The van der Waals surface area contributed by atoms with Crippen LogP contribution in [0.15, 0.2) is 30.3 Å². The zero-order valence-electron chi connectivity index (χ0n) is 9.75. The van der Waals surface area contributed by atoms with Crippen LogP contribution in [0.5, 0.6) is 5.75 Å². The van der Waals surface area contributed by atoms with Crippen molar-refractivity contribution >= 4 is 34.8 Å². The maximum atomic E-state index is 13.0. The molecular formula is C13H7Cl2F2NO2. The number of rotatable bonds is 2. The number of phenols is 1. The summed E-state index contributed by atoms with van der Waals surface area (Å²) >= 11 is 11.4. The lowest BCUT2D eigenvalue weighted by molar-refractivity contribution is 0.102. The number of nitrogens with one attached hydrogen (secondary N) is 1. The number of phenolic OH excluding ortho intramolecular Hbond substituents is 1. The third-order valence-electron chi connectivity index (χ3n) is 2.46. The van der Waals surface area contributed by atoms with E-state index in [9.17, 15) is 18.7 Å². The van der Waals surface area contributed by atoms with Gasteiger partial charge in [0, 0.05) is 17.3 Å². The molecule has 0 atom stereocenters. The van der Waals surface area contributed by atoms with Crippen molar-refractivity contribution in [1.82, 2.24) is 0 Å². The Morgan fingerprint density at radius 3 is 2.20 bits per heavy atom. The van der Waals surface area contributed by atoms with Crippen molar-refractivity contribution in [3.05, 3.63) is 57.6 Å². The Bertz CT molecular complexity index is 669. The Labute approximate surface area is 122 Å². The molecule has 0 aromatic heterocycles. The van der Waals surface area contributed by atoms with Crippen LogP contribution >= 0.6 is 23.2 Å². The molecule has 0 radical (unpaired) electrons. The molecule has 0 spiro atoms. The van der Waals surface area contributed by atoms with Crippen LogP contribution in [-0.4, -0.2) is 11.0 Å². The zero-order chi connectivity index (χ0) is 14.9. The third-order valence-corrected chi connectivity index (χ3v) is 3.03. The molecule has 0 aliphatic heterocycles. The van der Waals surface area contributed by atoms with Gasteiger partial charge in [0.1, 0.15) is 0 Å². The topological polar surface area (TPSA) is 49.3 Å². The normalized spacial score (nSPS) is 10.4. The van der Waals surface area contributed by atoms with Crippen molar-refractivity contribution in [2.75, 3.05) is 5.32 Å². The monoisotopic (exact) mass is 317 g/mol. The van der Waals surface area contributed by atoms with Crippen molar-refractivity contribution in [3.63, 3.8) is 0 Å². The van der Waals surface area contributed by atoms with Gasteiger partial charge in [0.15, 0.2) is 17.4 Å². The van der Waals surface area contributed by atoms with E-state index in [1.54, 1.807) is 0 Å². The number of amides is 1. The summed E-state index contributed by atoms with van der Waals surface area (Å²) in [5.74, 6) is -3.05. The van der Waals surface area contributed by atoms with Crippen LogP contribution < -0.4 is 5.32 Å². The number of aromatic hydroxyl groups is 1. The minimum absolute atomic E-state index is 0.0718. The van der Waals surface area contributed by atoms with E-state index in [4.69, 9.17) is 23.2 Å². The van der Waals surface area contributed by atoms with E-state index in [0.29, 0.717) is 0 Å². The quantitative estimate of drug-likeness (QED) is 0.870. The highest BCUT2D eigenvalue weighted by Gasteiger charge is 2.13. The maximum absolute atomic E-state index is 13.0. The largest absolute Gasteiger partial charge is 0.505 e. The van der Waals surface area contributed by atoms with Gasteiger partial charge in [0.25, 0.3) is 5.91 Å². The third kappa shape index (κ3) is 3.00. The van der Waals surface area contributed by atoms with Gasteiger partial charge in [-0.05, 0) is 24.3 Å². The molecular weight excluding hydrogens is 311 g/mol. The molecule has 0 aliphatic carbocycles. The molecule has 2 rings (SSSR count). The van der Waals surface area contributed by atoms with E-state index in [0.717, 1.165) is 12.1 Å². The van der Waals surface area contributed by atoms with Crippen LogP contribution in [0.25, 0.3) is 0 Å². The van der Waals surface area contributed by atoms with Gasteiger partial charge in [-0.1, -0.05) is 23.2 Å². The van der Waals surface area contributed by atoms with E-state index < -0.39 is 17.5 Å². The van der Waals surface area contributed by atoms with Crippen molar-refractivity contribution in [3.8, 4) is 5.75 Å². The highest BCUT2D eigenvalue weighted by molar-refractivity contribution is 6.37. The van der Waals surface area contributed by atoms with Gasteiger partial charge in [-0.15, -0.1) is 0 Å². The van der Waals surface area contributed by atoms with Gasteiger partial charge in [0.2, 0.25) is 0 Å². The summed E-state index contributed by atoms with van der Waals surface area (Å²) in [7, 11) is 0. The van der Waals surface area contributed by atoms with Crippen LogP contribution in [0.1, 0.15) is 10.4 Å². The van der Waals surface area contributed by atoms with Crippen LogP contribution in [0.4, 0.5) is 14.5 Å². The Hall–Kier alpha value is -1.85. The van der Waals surface area contributed by atoms with Crippen molar-refractivity contribution in [1.29, 1.82) is 0 Å². The van der Waals surface area contributed by atoms with E-state index >= 15 is 0 Å². The smallest absolute Gasteiger partial charge is 0.255 e. The Kier molecular flexibility index (Phi) is 4.11. The standard InChI is InChI=1S/C13H7Cl2F2NO2/c14-8-3-6(4-9(15)12(8)19)13(20)18-7-1-2-10(16)11(17)5-7/h1-5,19H,(H,18,20). The van der Waals surface area contributed by atoms with Gasteiger partial charge in [0.05, 0.1) is 10.0 Å². The van der Waals surface area contributed by atoms with Crippen LogP contribution in [0.3, 0.4) is 0 Å². The molecule has 0 aliphatic rings. The van der Waals surface area contributed by atoms with Gasteiger partial charge < -0.3 is 10.4 Å². The lowest BCUT2D eigenvalue weighted by atomic mass is 10.2. The molecule has 104 valence electrons. The molecule has 20 heavy (non-hydrogen) atoms. The first kappa shape index (κ1) is 14.6. The fourth-order valence-electron chi connectivity index (χ4n) is 1.47. The summed E-state index contributed by atoms with van der Waals surface area (Å²) < 4.78 is 25.8. The fourth-order valence-corrected chi connectivity index (χ4v) is 1.96. The maximum Gasteiger partial charge on any atom is 0.255 e. The molecule has 2 aromatic rings. The summed E-state index contributed by atoms with van der Waals surface area (Å²) in [6.07, 6.45) is 0. The lowest BCUT2D eigenvalue weighted by Gasteiger charge is -2.07. The second kappa shape index (κ2) is 5.64. The minimum atomic E-state index is -1.08. The highest BCUT2D eigenvalue weighted by Crippen LogP contribution is 2.32. The molecule has 0 saturated heterocycles. The molecule has 2 aromatic carbocycles. The first-order chi connectivity index (χ1) is 9.38. The number of anilines is 1. The molecule has 0 fully saturated rings. The summed E-state index contributed by atoms with van der Waals surface area (Å²) in [6.45, 7) is 0. The lowest BCUT2D eigenvalue weighted by Crippen LogP contribution is -2.12.